The highest BCUT2D eigenvalue weighted by Gasteiger charge is 2.27. The Labute approximate surface area is 130 Å². The van der Waals surface area contributed by atoms with Crippen LogP contribution in [0.25, 0.3) is 0 Å². The molecule has 0 saturated carbocycles. The first-order chi connectivity index (χ1) is 10.7. The number of hydrogen-bond acceptors (Lipinski definition) is 3. The largest absolute Gasteiger partial charge is 0.390 e. The van der Waals surface area contributed by atoms with Gasteiger partial charge in [0.05, 0.1) is 12.3 Å². The summed E-state index contributed by atoms with van der Waals surface area (Å²) in [6.45, 7) is 6.56. The third-order valence-electron chi connectivity index (χ3n) is 3.51. The molecule has 5 heteroatoms. The molecule has 0 fully saturated rings. The number of benzene rings is 1. The van der Waals surface area contributed by atoms with Crippen LogP contribution in [0.5, 0.6) is 0 Å². The average molecular weight is 304 g/mol. The van der Waals surface area contributed by atoms with Gasteiger partial charge < -0.3 is 9.74 Å². The molecule has 1 aromatic rings. The van der Waals surface area contributed by atoms with Gasteiger partial charge in [-0.1, -0.05) is 36.4 Å². The Morgan fingerprint density at radius 1 is 1.55 bits per heavy atom. The van der Waals surface area contributed by atoms with Gasteiger partial charge in [0.1, 0.15) is 5.82 Å². The number of oxime groups is 1. The molecule has 1 amide bonds. The molecule has 4 nitrogen and oxygen atoms in total. The molecular formula is C17H21FN2O2. The molecule has 22 heavy (non-hydrogen) atoms. The Morgan fingerprint density at radius 2 is 2.32 bits per heavy atom. The minimum atomic E-state index is -0.310. The number of nitrogens with zero attached hydrogens (tertiary/aromatic N) is 2. The van der Waals surface area contributed by atoms with Crippen LogP contribution in [-0.4, -0.2) is 35.7 Å². The van der Waals surface area contributed by atoms with E-state index in [-0.39, 0.29) is 17.8 Å². The summed E-state index contributed by atoms with van der Waals surface area (Å²) in [6, 6.07) is 6.49. The van der Waals surface area contributed by atoms with Crippen molar-refractivity contribution in [2.75, 3.05) is 13.1 Å². The van der Waals surface area contributed by atoms with Crippen LogP contribution in [-0.2, 0) is 9.63 Å². The first-order valence-electron chi connectivity index (χ1n) is 7.52. The maximum absolute atomic E-state index is 13.8. The quantitative estimate of drug-likeness (QED) is 0.726. The summed E-state index contributed by atoms with van der Waals surface area (Å²) in [7, 11) is 0. The lowest BCUT2D eigenvalue weighted by Crippen LogP contribution is -2.37. The third kappa shape index (κ3) is 3.93. The van der Waals surface area contributed by atoms with E-state index in [1.807, 2.05) is 6.92 Å². The molecule has 1 unspecified atom stereocenters. The van der Waals surface area contributed by atoms with Crippen LogP contribution in [0.3, 0.4) is 0 Å². The Kier molecular flexibility index (Phi) is 5.69. The van der Waals surface area contributed by atoms with Crippen LogP contribution in [0, 0.1) is 5.82 Å². The van der Waals surface area contributed by atoms with E-state index in [1.54, 1.807) is 29.2 Å². The van der Waals surface area contributed by atoms with Gasteiger partial charge >= 0.3 is 0 Å². The summed E-state index contributed by atoms with van der Waals surface area (Å²) in [6.07, 6.45) is 3.25. The lowest BCUT2D eigenvalue weighted by Gasteiger charge is -2.23. The Hall–Kier alpha value is -2.17. The molecule has 1 aromatic carbocycles. The van der Waals surface area contributed by atoms with Crippen molar-refractivity contribution < 1.29 is 14.0 Å². The third-order valence-corrected chi connectivity index (χ3v) is 3.51. The second-order valence-corrected chi connectivity index (χ2v) is 5.29. The van der Waals surface area contributed by atoms with Gasteiger partial charge in [0.2, 0.25) is 5.91 Å². The van der Waals surface area contributed by atoms with Gasteiger partial charge in [-0.15, -0.1) is 6.58 Å². The first-order valence-corrected chi connectivity index (χ1v) is 7.52. The molecule has 0 N–H and O–H groups in total. The number of carbonyl (C=O) groups is 1. The second kappa shape index (κ2) is 7.73. The lowest BCUT2D eigenvalue weighted by atomic mass is 10.0. The zero-order valence-electron chi connectivity index (χ0n) is 12.8. The monoisotopic (exact) mass is 304 g/mol. The molecule has 0 saturated heterocycles. The molecule has 2 rings (SSSR count). The molecule has 1 heterocycles. The van der Waals surface area contributed by atoms with Crippen molar-refractivity contribution in [2.45, 2.75) is 32.3 Å². The van der Waals surface area contributed by atoms with Crippen molar-refractivity contribution >= 4 is 11.6 Å². The molecule has 0 bridgehead atoms. The minimum Gasteiger partial charge on any atom is -0.390 e. The summed E-state index contributed by atoms with van der Waals surface area (Å²) in [5.41, 5.74) is 1.05. The lowest BCUT2D eigenvalue weighted by molar-refractivity contribution is -0.132. The fraction of sp³-hybridized carbons (Fsp3) is 0.412. The molecule has 1 aliphatic rings. The van der Waals surface area contributed by atoms with Crippen molar-refractivity contribution in [3.8, 4) is 0 Å². The van der Waals surface area contributed by atoms with Gasteiger partial charge in [0.25, 0.3) is 0 Å². The minimum absolute atomic E-state index is 0.0744. The predicted octanol–water partition coefficient (Wildman–Crippen LogP) is 3.13. The van der Waals surface area contributed by atoms with Crippen molar-refractivity contribution in [1.82, 2.24) is 4.90 Å². The number of hydrogen-bond donors (Lipinski definition) is 0. The number of halogens is 1. The number of carbonyl (C=O) groups excluding carboxylic acids is 1. The molecule has 118 valence electrons. The van der Waals surface area contributed by atoms with E-state index in [2.05, 4.69) is 11.7 Å². The summed E-state index contributed by atoms with van der Waals surface area (Å²) in [5.74, 6) is -0.235. The topological polar surface area (TPSA) is 41.9 Å². The molecular weight excluding hydrogens is 283 g/mol. The van der Waals surface area contributed by atoms with Crippen LogP contribution in [0.1, 0.15) is 31.7 Å². The molecule has 0 aromatic heterocycles. The molecule has 0 spiro atoms. The zero-order valence-corrected chi connectivity index (χ0v) is 12.8. The van der Waals surface area contributed by atoms with E-state index in [0.717, 1.165) is 6.42 Å². The van der Waals surface area contributed by atoms with Crippen molar-refractivity contribution in [3.05, 3.63) is 48.3 Å². The number of amides is 1. The van der Waals surface area contributed by atoms with Gasteiger partial charge in [0, 0.05) is 24.9 Å². The fourth-order valence-electron chi connectivity index (χ4n) is 2.43. The summed E-state index contributed by atoms with van der Waals surface area (Å²) >= 11 is 0. The predicted molar refractivity (Wildman–Crippen MR) is 84.1 cm³/mol. The maximum Gasteiger partial charge on any atom is 0.222 e. The van der Waals surface area contributed by atoms with Gasteiger partial charge in [-0.3, -0.25) is 4.79 Å². The van der Waals surface area contributed by atoms with E-state index in [4.69, 9.17) is 4.84 Å². The van der Waals surface area contributed by atoms with Crippen molar-refractivity contribution in [1.29, 1.82) is 0 Å². The van der Waals surface area contributed by atoms with Crippen LogP contribution in [0.2, 0.25) is 0 Å². The molecule has 0 radical (unpaired) electrons. The van der Waals surface area contributed by atoms with Crippen molar-refractivity contribution in [2.24, 2.45) is 5.16 Å². The van der Waals surface area contributed by atoms with Gasteiger partial charge in [-0.05, 0) is 12.5 Å². The van der Waals surface area contributed by atoms with Crippen LogP contribution >= 0.6 is 0 Å². The second-order valence-electron chi connectivity index (χ2n) is 5.29. The normalized spacial score (nSPS) is 16.8. The van der Waals surface area contributed by atoms with E-state index < -0.39 is 0 Å². The molecule has 1 atom stereocenters. The Bertz CT molecular complexity index is 572. The highest BCUT2D eigenvalue weighted by molar-refractivity contribution is 6.01. The first kappa shape index (κ1) is 16.2. The SMILES string of the molecule is C=CCN(CC1CC(c2ccccc2F)=NO1)C(=O)CCC. The Balaban J connectivity index is 1.97. The average Bonchev–Trinajstić information content (AvgIpc) is 2.96. The molecule has 0 aliphatic carbocycles. The smallest absolute Gasteiger partial charge is 0.222 e. The highest BCUT2D eigenvalue weighted by atomic mass is 19.1. The van der Waals surface area contributed by atoms with Crippen LogP contribution in [0.15, 0.2) is 42.1 Å². The maximum atomic E-state index is 13.8. The van der Waals surface area contributed by atoms with E-state index in [0.29, 0.717) is 37.2 Å². The van der Waals surface area contributed by atoms with E-state index >= 15 is 0 Å². The summed E-state index contributed by atoms with van der Waals surface area (Å²) in [5, 5.41) is 3.98. The standard InChI is InChI=1S/C17H21FN2O2/c1-3-7-17(21)20(10-4-2)12-13-11-16(19-22-13)14-8-5-6-9-15(14)18/h4-6,8-9,13H,2-3,7,10-12H2,1H3. The van der Waals surface area contributed by atoms with Crippen molar-refractivity contribution in [3.63, 3.8) is 0 Å². The fourth-order valence-corrected chi connectivity index (χ4v) is 2.43. The summed E-state index contributed by atoms with van der Waals surface area (Å²) in [4.78, 5) is 19.1. The van der Waals surface area contributed by atoms with Crippen LogP contribution in [0.4, 0.5) is 4.39 Å². The summed E-state index contributed by atoms with van der Waals surface area (Å²) < 4.78 is 13.8. The Morgan fingerprint density at radius 3 is 3.00 bits per heavy atom. The van der Waals surface area contributed by atoms with Gasteiger partial charge in [-0.25, -0.2) is 4.39 Å². The van der Waals surface area contributed by atoms with Crippen LogP contribution < -0.4 is 0 Å². The molecule has 1 aliphatic heterocycles. The van der Waals surface area contributed by atoms with E-state index in [1.165, 1.54) is 6.07 Å². The zero-order chi connectivity index (χ0) is 15.9. The van der Waals surface area contributed by atoms with E-state index in [9.17, 15) is 9.18 Å². The highest BCUT2D eigenvalue weighted by Crippen LogP contribution is 2.20. The van der Waals surface area contributed by atoms with Gasteiger partial charge in [-0.2, -0.15) is 0 Å². The number of rotatable bonds is 7. The van der Waals surface area contributed by atoms with Gasteiger partial charge in [0.15, 0.2) is 6.10 Å².